The van der Waals surface area contributed by atoms with Gasteiger partial charge >= 0.3 is 0 Å². The lowest BCUT2D eigenvalue weighted by Gasteiger charge is -2.50. The molecule has 214 valence electrons. The number of piperidine rings is 1. The normalized spacial score (nSPS) is 30.1. The average Bonchev–Trinajstić information content (AvgIpc) is 2.89. The maximum absolute atomic E-state index is 15.4. The van der Waals surface area contributed by atoms with Gasteiger partial charge in [-0.05, 0) is 52.2 Å². The highest BCUT2D eigenvalue weighted by Crippen LogP contribution is 2.53. The van der Waals surface area contributed by atoms with Crippen LogP contribution in [0.5, 0.6) is 5.75 Å². The summed E-state index contributed by atoms with van der Waals surface area (Å²) < 4.78 is 15.4. The summed E-state index contributed by atoms with van der Waals surface area (Å²) >= 11 is 0. The van der Waals surface area contributed by atoms with Crippen molar-refractivity contribution in [1.29, 1.82) is 0 Å². The largest absolute Gasteiger partial charge is 0.508 e. The summed E-state index contributed by atoms with van der Waals surface area (Å²) in [4.78, 5) is 53.1. The Balaban J connectivity index is 1.62. The number of hydrogen-bond acceptors (Lipinski definition) is 10. The third-order valence-electron chi connectivity index (χ3n) is 8.55. The predicted octanol–water partition coefficient (Wildman–Crippen LogP) is 0.184. The molecule has 0 bridgehead atoms. The zero-order valence-electron chi connectivity index (χ0n) is 22.0. The van der Waals surface area contributed by atoms with Gasteiger partial charge in [0.2, 0.25) is 11.7 Å². The molecule has 13 heteroatoms. The van der Waals surface area contributed by atoms with Crippen LogP contribution in [0.1, 0.15) is 36.8 Å². The number of amides is 2. The molecule has 0 unspecified atom stereocenters. The highest BCUT2D eigenvalue weighted by Gasteiger charge is 2.64. The van der Waals surface area contributed by atoms with Gasteiger partial charge in [-0.3, -0.25) is 24.1 Å². The third-order valence-corrected chi connectivity index (χ3v) is 8.55. The molecule has 12 nitrogen and oxygen atoms in total. The Morgan fingerprint density at radius 1 is 1.20 bits per heavy atom. The first-order valence-corrected chi connectivity index (χ1v) is 13.0. The minimum atomic E-state index is -2.79. The Labute approximate surface area is 228 Å². The number of nitrogens with two attached hydrogens (primary N) is 1. The second-order valence-corrected chi connectivity index (χ2v) is 11.1. The molecule has 1 saturated heterocycles. The molecular weight excluding hydrogens is 527 g/mol. The summed E-state index contributed by atoms with van der Waals surface area (Å²) in [6, 6.07) is -0.849. The highest BCUT2D eigenvalue weighted by molar-refractivity contribution is 6.24. The van der Waals surface area contributed by atoms with E-state index in [-0.39, 0.29) is 24.1 Å². The van der Waals surface area contributed by atoms with Crippen LogP contribution in [0.25, 0.3) is 5.76 Å². The molecule has 0 spiro atoms. The van der Waals surface area contributed by atoms with E-state index in [1.165, 1.54) is 19.0 Å². The number of ketones is 2. The lowest BCUT2D eigenvalue weighted by molar-refractivity contribution is -0.153. The zero-order chi connectivity index (χ0) is 29.3. The monoisotopic (exact) mass is 558 g/mol. The molecule has 0 radical (unpaired) electrons. The fraction of sp³-hybridized carbons (Fsp3) is 0.481. The van der Waals surface area contributed by atoms with Gasteiger partial charge < -0.3 is 36.8 Å². The van der Waals surface area contributed by atoms with Crippen LogP contribution in [0.4, 0.5) is 10.1 Å². The van der Waals surface area contributed by atoms with E-state index >= 15 is 4.39 Å². The molecule has 0 aromatic heterocycles. The molecule has 40 heavy (non-hydrogen) atoms. The molecule has 2 fully saturated rings. The van der Waals surface area contributed by atoms with Crippen molar-refractivity contribution in [3.63, 3.8) is 0 Å². The van der Waals surface area contributed by atoms with E-state index in [2.05, 4.69) is 10.6 Å². The second-order valence-electron chi connectivity index (χ2n) is 11.1. The smallest absolute Gasteiger partial charge is 0.255 e. The first-order chi connectivity index (χ1) is 18.8. The van der Waals surface area contributed by atoms with Gasteiger partial charge in [0.05, 0.1) is 23.3 Å². The van der Waals surface area contributed by atoms with Crippen molar-refractivity contribution in [1.82, 2.24) is 10.2 Å². The van der Waals surface area contributed by atoms with E-state index in [1.807, 2.05) is 0 Å². The maximum atomic E-state index is 15.4. The number of rotatable bonds is 4. The van der Waals surface area contributed by atoms with Crippen molar-refractivity contribution in [2.45, 2.75) is 49.8 Å². The van der Waals surface area contributed by atoms with Crippen molar-refractivity contribution in [2.75, 3.05) is 26.0 Å². The molecule has 1 heterocycles. The number of aromatic hydroxyl groups is 1. The zero-order valence-corrected chi connectivity index (χ0v) is 22.0. The van der Waals surface area contributed by atoms with Crippen LogP contribution in [0.15, 0.2) is 23.0 Å². The summed E-state index contributed by atoms with van der Waals surface area (Å²) in [5.41, 5.74) is 0.342. The number of nitrogens with one attached hydrogen (secondary N) is 2. The predicted molar refractivity (Wildman–Crippen MR) is 138 cm³/mol. The number of primary amides is 1. The number of phenols is 1. The van der Waals surface area contributed by atoms with E-state index in [0.29, 0.717) is 13.0 Å². The summed E-state index contributed by atoms with van der Waals surface area (Å²) in [6.45, 7) is 0.627. The molecule has 1 aliphatic heterocycles. The molecule has 5 rings (SSSR count). The Hall–Kier alpha value is -3.81. The molecular formula is C27H31FN4O8. The molecule has 1 aromatic carbocycles. The number of Topliss-reactive ketones (excluding diaryl/α,β-unsaturated/α-hetero) is 2. The second kappa shape index (κ2) is 9.68. The lowest BCUT2D eigenvalue weighted by Crippen LogP contribution is -2.65. The molecule has 1 saturated carbocycles. The van der Waals surface area contributed by atoms with Crippen molar-refractivity contribution < 1.29 is 44.0 Å². The molecule has 8 N–H and O–H groups in total. The van der Waals surface area contributed by atoms with Gasteiger partial charge in [0, 0.05) is 23.1 Å². The van der Waals surface area contributed by atoms with Gasteiger partial charge in [0.1, 0.15) is 22.9 Å². The summed E-state index contributed by atoms with van der Waals surface area (Å²) in [6.07, 6.45) is 1.92. The van der Waals surface area contributed by atoms with Crippen LogP contribution in [0.3, 0.4) is 0 Å². The van der Waals surface area contributed by atoms with E-state index in [9.17, 15) is 39.6 Å². The Bertz CT molecular complexity index is 1410. The first kappa shape index (κ1) is 27.7. The standard InChI is InChI=1S/C27H31FN4O8/c1-32(2)19-12-8-10-7-11-13(28)9-15(31-26(39)14-5-3-4-6-30-14)20(33)17(11)21(34)16(10)23(36)27(12,40)24(37)18(22(19)35)25(29)38/h9-10,12,14,19,30,33-34,37,40H,3-8H2,1-2H3,(H2,29,38)(H,31,39)/t10-,12-,14+,19-,27-/m0/s1. The van der Waals surface area contributed by atoms with E-state index in [1.54, 1.807) is 0 Å². The van der Waals surface area contributed by atoms with Gasteiger partial charge in [-0.15, -0.1) is 0 Å². The Morgan fingerprint density at radius 2 is 1.90 bits per heavy atom. The van der Waals surface area contributed by atoms with Crippen LogP contribution >= 0.6 is 0 Å². The SMILES string of the molecule is CN(C)[C@@H]1C(=O)C(C(N)=O)=C(O)[C@@]2(O)C(=O)C3=C(O)c4c(O)c(NC(=O)[C@H]5CCCCN5)cc(F)c4C[C@H]3C[C@@H]12. The number of carbonyl (C=O) groups excluding carboxylic acids is 4. The number of carbonyl (C=O) groups is 4. The fourth-order valence-electron chi connectivity index (χ4n) is 6.66. The molecule has 2 amide bonds. The third kappa shape index (κ3) is 3.91. The summed E-state index contributed by atoms with van der Waals surface area (Å²) in [5.74, 6) is -9.63. The number of likely N-dealkylation sites (N-methyl/N-ethyl adjacent to an activating group) is 1. The first-order valence-electron chi connectivity index (χ1n) is 13.0. The van der Waals surface area contributed by atoms with E-state index in [0.717, 1.165) is 18.9 Å². The van der Waals surface area contributed by atoms with Crippen LogP contribution in [-0.2, 0) is 25.6 Å². The number of nitrogens with zero attached hydrogens (tertiary/aromatic N) is 1. The van der Waals surface area contributed by atoms with E-state index < -0.39 is 92.7 Å². The molecule has 1 aromatic rings. The van der Waals surface area contributed by atoms with Crippen LogP contribution in [0.2, 0.25) is 0 Å². The minimum absolute atomic E-state index is 0.114. The topological polar surface area (TPSA) is 203 Å². The molecule has 5 atom stereocenters. The average molecular weight is 559 g/mol. The van der Waals surface area contributed by atoms with Crippen molar-refractivity contribution in [3.8, 4) is 5.75 Å². The van der Waals surface area contributed by atoms with Crippen molar-refractivity contribution >= 4 is 34.8 Å². The van der Waals surface area contributed by atoms with Crippen molar-refractivity contribution in [3.05, 3.63) is 39.9 Å². The highest BCUT2D eigenvalue weighted by atomic mass is 19.1. The number of halogens is 1. The maximum Gasteiger partial charge on any atom is 0.255 e. The Morgan fingerprint density at radius 3 is 2.50 bits per heavy atom. The number of anilines is 1. The fourth-order valence-corrected chi connectivity index (χ4v) is 6.66. The summed E-state index contributed by atoms with van der Waals surface area (Å²) in [5, 5.41) is 50.3. The van der Waals surface area contributed by atoms with Gasteiger partial charge in [0.15, 0.2) is 17.1 Å². The number of fused-ring (bicyclic) bond motifs is 3. The molecule has 4 aliphatic rings. The lowest BCUT2D eigenvalue weighted by atomic mass is 9.57. The number of aliphatic hydroxyl groups is 3. The van der Waals surface area contributed by atoms with Crippen LogP contribution in [-0.4, -0.2) is 87.0 Å². The number of aliphatic hydroxyl groups excluding tert-OH is 2. The van der Waals surface area contributed by atoms with Gasteiger partial charge in [-0.2, -0.15) is 0 Å². The van der Waals surface area contributed by atoms with Crippen LogP contribution < -0.4 is 16.4 Å². The quantitative estimate of drug-likeness (QED) is 0.197. The van der Waals surface area contributed by atoms with Crippen LogP contribution in [0, 0.1) is 17.7 Å². The Kier molecular flexibility index (Phi) is 6.71. The number of hydrogen-bond donors (Lipinski definition) is 7. The van der Waals surface area contributed by atoms with Gasteiger partial charge in [0.25, 0.3) is 5.91 Å². The van der Waals surface area contributed by atoms with E-state index in [4.69, 9.17) is 5.73 Å². The van der Waals surface area contributed by atoms with Crippen molar-refractivity contribution in [2.24, 2.45) is 17.6 Å². The van der Waals surface area contributed by atoms with Gasteiger partial charge in [-0.1, -0.05) is 6.42 Å². The number of phenolic OH excluding ortho intramolecular Hbond substituents is 1. The number of benzene rings is 1. The van der Waals surface area contributed by atoms with Gasteiger partial charge in [-0.25, -0.2) is 4.39 Å². The summed E-state index contributed by atoms with van der Waals surface area (Å²) in [7, 11) is 2.98. The molecule has 3 aliphatic carbocycles. The minimum Gasteiger partial charge on any atom is -0.508 e.